The second-order valence-electron chi connectivity index (χ2n) is 3.04. The molecule has 1 saturated carbocycles. The molecule has 2 rings (SSSR count). The third kappa shape index (κ3) is 2.11. The van der Waals surface area contributed by atoms with E-state index in [1.807, 2.05) is 0 Å². The predicted molar refractivity (Wildman–Crippen MR) is 59.4 cm³/mol. The zero-order valence-electron chi connectivity index (χ0n) is 7.64. The Bertz CT molecular complexity index is 249. The molecule has 0 N–H and O–H groups in total. The summed E-state index contributed by atoms with van der Waals surface area (Å²) in [6.07, 6.45) is 8.63. The van der Waals surface area contributed by atoms with Gasteiger partial charge in [0, 0.05) is 5.66 Å². The molecule has 0 heterocycles. The van der Waals surface area contributed by atoms with Crippen LogP contribution < -0.4 is 5.30 Å². The van der Waals surface area contributed by atoms with Crippen LogP contribution in [0, 0.1) is 31.3 Å². The lowest BCUT2D eigenvalue weighted by Gasteiger charge is -2.18. The Kier molecular flexibility index (Phi) is 3.01. The van der Waals surface area contributed by atoms with E-state index in [0.29, 0.717) is 0 Å². The summed E-state index contributed by atoms with van der Waals surface area (Å²) in [4.78, 5) is 0. The number of benzene rings is 1. The van der Waals surface area contributed by atoms with Crippen molar-refractivity contribution < 1.29 is 0 Å². The van der Waals surface area contributed by atoms with Crippen molar-refractivity contribution >= 4 is 13.2 Å². The van der Waals surface area contributed by atoms with Crippen LogP contribution >= 0.6 is 7.92 Å². The van der Waals surface area contributed by atoms with Gasteiger partial charge in [-0.2, -0.15) is 0 Å². The molecule has 5 radical (unpaired) electrons. The quantitative estimate of drug-likeness (QED) is 0.624. The van der Waals surface area contributed by atoms with E-state index in [9.17, 15) is 0 Å². The third-order valence-corrected chi connectivity index (χ3v) is 4.32. The molecule has 0 saturated heterocycles. The van der Waals surface area contributed by atoms with E-state index in [0.717, 1.165) is 0 Å². The average Bonchev–Trinajstić information content (AvgIpc) is 2.71. The van der Waals surface area contributed by atoms with Crippen LogP contribution in [0.2, 0.25) is 0 Å². The van der Waals surface area contributed by atoms with Crippen molar-refractivity contribution in [2.45, 2.75) is 0 Å². The van der Waals surface area contributed by atoms with Crippen molar-refractivity contribution in [3.63, 3.8) is 0 Å². The van der Waals surface area contributed by atoms with Gasteiger partial charge in [0.1, 0.15) is 0 Å². The highest BCUT2D eigenvalue weighted by Gasteiger charge is 2.23. The Labute approximate surface area is 82.1 Å². The summed E-state index contributed by atoms with van der Waals surface area (Å²) in [7, 11) is -0.134. The normalized spacial score (nSPS) is 20.4. The van der Waals surface area contributed by atoms with Gasteiger partial charge in [0.05, 0.1) is 0 Å². The summed E-state index contributed by atoms with van der Waals surface area (Å²) in [5.41, 5.74) is 1.46. The van der Waals surface area contributed by atoms with E-state index in [4.69, 9.17) is 0 Å². The van der Waals surface area contributed by atoms with E-state index in [2.05, 4.69) is 62.7 Å². The lowest BCUT2D eigenvalue weighted by molar-refractivity contribution is 1.52. The SMILES string of the molecule is C[P@@]([C]1[CH][CH][CH][CH]1)c1ccccc1. The molecule has 65 valence electrons. The molecule has 0 bridgehead atoms. The van der Waals surface area contributed by atoms with E-state index < -0.39 is 0 Å². The topological polar surface area (TPSA) is 0 Å². The van der Waals surface area contributed by atoms with Crippen LogP contribution in [-0.2, 0) is 0 Å². The van der Waals surface area contributed by atoms with Gasteiger partial charge in [0.15, 0.2) is 0 Å². The van der Waals surface area contributed by atoms with Crippen molar-refractivity contribution in [2.75, 3.05) is 6.66 Å². The van der Waals surface area contributed by atoms with Crippen LogP contribution in [0.5, 0.6) is 0 Å². The van der Waals surface area contributed by atoms with Gasteiger partial charge < -0.3 is 0 Å². The summed E-state index contributed by atoms with van der Waals surface area (Å²) in [5, 5.41) is 1.45. The lowest BCUT2D eigenvalue weighted by Crippen LogP contribution is -2.03. The molecule has 0 nitrogen and oxygen atoms in total. The van der Waals surface area contributed by atoms with E-state index in [1.54, 1.807) is 0 Å². The van der Waals surface area contributed by atoms with Gasteiger partial charge in [-0.25, -0.2) is 0 Å². The third-order valence-electron chi connectivity index (χ3n) is 2.18. The molecule has 1 aromatic rings. The Morgan fingerprint density at radius 1 is 0.923 bits per heavy atom. The zero-order valence-corrected chi connectivity index (χ0v) is 8.54. The highest BCUT2D eigenvalue weighted by molar-refractivity contribution is 7.68. The standard InChI is InChI=1S/C12H12P/c1-13(12-9-5-6-10-12)11-7-3-2-4-8-11/h2-10H,1H3/t13-/m1/s1. The first-order chi connectivity index (χ1) is 6.38. The monoisotopic (exact) mass is 187 g/mol. The van der Waals surface area contributed by atoms with E-state index >= 15 is 0 Å². The molecule has 0 aliphatic heterocycles. The molecule has 1 atom stereocenters. The molecule has 0 unspecified atom stereocenters. The Balaban J connectivity index is 2.08. The number of hydrogen-bond acceptors (Lipinski definition) is 0. The Hall–Kier alpha value is -0.350. The first kappa shape index (κ1) is 9.21. The molecular weight excluding hydrogens is 175 g/mol. The summed E-state index contributed by atoms with van der Waals surface area (Å²) in [6.45, 7) is 2.31. The maximum absolute atomic E-state index is 2.31. The summed E-state index contributed by atoms with van der Waals surface area (Å²) in [6, 6.07) is 10.7. The fourth-order valence-electron chi connectivity index (χ4n) is 1.39. The van der Waals surface area contributed by atoms with Crippen LogP contribution in [-0.4, -0.2) is 6.66 Å². The number of rotatable bonds is 2. The zero-order chi connectivity index (χ0) is 9.10. The molecule has 1 aliphatic rings. The Morgan fingerprint density at radius 2 is 1.54 bits per heavy atom. The molecule has 1 aromatic carbocycles. The minimum absolute atomic E-state index is 0.134. The molecular formula is C12H12P. The van der Waals surface area contributed by atoms with Crippen LogP contribution in [0.15, 0.2) is 30.3 Å². The van der Waals surface area contributed by atoms with Gasteiger partial charge >= 0.3 is 0 Å². The van der Waals surface area contributed by atoms with Gasteiger partial charge in [-0.1, -0.05) is 38.3 Å². The fourth-order valence-corrected chi connectivity index (χ4v) is 2.92. The maximum Gasteiger partial charge on any atom is 0.0116 e. The van der Waals surface area contributed by atoms with Crippen LogP contribution in [0.4, 0.5) is 0 Å². The summed E-state index contributed by atoms with van der Waals surface area (Å²) >= 11 is 0. The van der Waals surface area contributed by atoms with Crippen molar-refractivity contribution in [1.82, 2.24) is 0 Å². The molecule has 0 aromatic heterocycles. The van der Waals surface area contributed by atoms with E-state index in [-0.39, 0.29) is 7.92 Å². The fraction of sp³-hybridized carbons (Fsp3) is 0.0833. The summed E-state index contributed by atoms with van der Waals surface area (Å²) < 4.78 is 0. The van der Waals surface area contributed by atoms with Crippen molar-refractivity contribution in [3.05, 3.63) is 61.7 Å². The number of hydrogen-bond donors (Lipinski definition) is 0. The van der Waals surface area contributed by atoms with Gasteiger partial charge in [-0.15, -0.1) is 0 Å². The average molecular weight is 187 g/mol. The molecule has 1 heteroatoms. The van der Waals surface area contributed by atoms with Crippen molar-refractivity contribution in [1.29, 1.82) is 0 Å². The largest absolute Gasteiger partial charge is 0.0706 e. The minimum Gasteiger partial charge on any atom is -0.0706 e. The van der Waals surface area contributed by atoms with Gasteiger partial charge in [-0.05, 0) is 37.7 Å². The predicted octanol–water partition coefficient (Wildman–Crippen LogP) is 2.79. The van der Waals surface area contributed by atoms with Crippen LogP contribution in [0.1, 0.15) is 0 Å². The lowest BCUT2D eigenvalue weighted by atomic mass is 10.4. The van der Waals surface area contributed by atoms with Crippen LogP contribution in [0.3, 0.4) is 0 Å². The van der Waals surface area contributed by atoms with Crippen molar-refractivity contribution in [3.8, 4) is 0 Å². The van der Waals surface area contributed by atoms with Gasteiger partial charge in [-0.3, -0.25) is 0 Å². The second kappa shape index (κ2) is 4.24. The molecule has 1 aliphatic carbocycles. The molecule has 13 heavy (non-hydrogen) atoms. The summed E-state index contributed by atoms with van der Waals surface area (Å²) in [5.74, 6) is 0. The second-order valence-corrected chi connectivity index (χ2v) is 5.19. The van der Waals surface area contributed by atoms with Gasteiger partial charge in [0.2, 0.25) is 0 Å². The molecule has 0 amide bonds. The van der Waals surface area contributed by atoms with Crippen LogP contribution in [0.25, 0.3) is 0 Å². The molecule has 1 fully saturated rings. The highest BCUT2D eigenvalue weighted by Crippen LogP contribution is 2.49. The molecule has 0 spiro atoms. The van der Waals surface area contributed by atoms with Crippen molar-refractivity contribution in [2.24, 2.45) is 0 Å². The Morgan fingerprint density at radius 3 is 2.15 bits per heavy atom. The first-order valence-electron chi connectivity index (χ1n) is 4.38. The first-order valence-corrected chi connectivity index (χ1v) is 6.17. The highest BCUT2D eigenvalue weighted by atomic mass is 31.1. The minimum atomic E-state index is -0.134. The maximum atomic E-state index is 2.31. The van der Waals surface area contributed by atoms with Gasteiger partial charge in [0.25, 0.3) is 0 Å². The van der Waals surface area contributed by atoms with E-state index in [1.165, 1.54) is 11.0 Å². The smallest absolute Gasteiger partial charge is 0.0116 e.